The molecule has 0 aliphatic carbocycles. The van der Waals surface area contributed by atoms with Crippen LogP contribution in [0, 0.1) is 0 Å². The molecule has 0 saturated heterocycles. The Morgan fingerprint density at radius 2 is 2.10 bits per heavy atom. The van der Waals surface area contributed by atoms with E-state index in [0.717, 1.165) is 9.21 Å². The normalized spacial score (nSPS) is 12.5. The fraction of sp³-hybridized carbons (Fsp3) is 0.267. The molecule has 0 atom stereocenters. The molecule has 21 heavy (non-hydrogen) atoms. The fourth-order valence-electron chi connectivity index (χ4n) is 2.16. The van der Waals surface area contributed by atoms with Crippen molar-refractivity contribution in [3.63, 3.8) is 0 Å². The van der Waals surface area contributed by atoms with Gasteiger partial charge in [0, 0.05) is 17.0 Å². The molecule has 6 heteroatoms. The van der Waals surface area contributed by atoms with Gasteiger partial charge in [-0.1, -0.05) is 11.6 Å². The molecule has 4 nitrogen and oxygen atoms in total. The van der Waals surface area contributed by atoms with Crippen molar-refractivity contribution in [2.24, 2.45) is 0 Å². The van der Waals surface area contributed by atoms with Crippen LogP contribution in [0.3, 0.4) is 0 Å². The van der Waals surface area contributed by atoms with Crippen LogP contribution in [0.5, 0.6) is 11.5 Å². The first-order valence-corrected chi connectivity index (χ1v) is 7.80. The minimum atomic E-state index is -0.0275. The monoisotopic (exact) mass is 323 g/mol. The van der Waals surface area contributed by atoms with Crippen molar-refractivity contribution >= 4 is 28.8 Å². The van der Waals surface area contributed by atoms with Crippen LogP contribution in [0.25, 0.3) is 0 Å². The number of halogens is 1. The van der Waals surface area contributed by atoms with Crippen molar-refractivity contribution < 1.29 is 14.3 Å². The highest BCUT2D eigenvalue weighted by molar-refractivity contribution is 7.16. The second-order valence-corrected chi connectivity index (χ2v) is 6.39. The van der Waals surface area contributed by atoms with Gasteiger partial charge in [0.15, 0.2) is 11.5 Å². The summed E-state index contributed by atoms with van der Waals surface area (Å²) in [7, 11) is 0. The standard InChI is InChI=1S/C15H14ClNO3S/c1-2-17(8-11-4-6-14(16)21-11)15(18)10-3-5-12-13(7-10)20-9-19-12/h3-7H,2,8-9H2,1H3. The Hall–Kier alpha value is -1.72. The van der Waals surface area contributed by atoms with Gasteiger partial charge in [-0.05, 0) is 37.3 Å². The maximum Gasteiger partial charge on any atom is 0.254 e. The maximum absolute atomic E-state index is 12.6. The average molecular weight is 324 g/mol. The van der Waals surface area contributed by atoms with E-state index in [1.807, 2.05) is 19.1 Å². The molecule has 110 valence electrons. The third-order valence-corrected chi connectivity index (χ3v) is 4.48. The van der Waals surface area contributed by atoms with Gasteiger partial charge in [0.25, 0.3) is 5.91 Å². The molecule has 0 radical (unpaired) electrons. The van der Waals surface area contributed by atoms with E-state index >= 15 is 0 Å². The Labute approximate surface area is 131 Å². The highest BCUT2D eigenvalue weighted by atomic mass is 35.5. The first-order valence-electron chi connectivity index (χ1n) is 6.60. The third kappa shape index (κ3) is 2.99. The van der Waals surface area contributed by atoms with Crippen molar-refractivity contribution in [3.05, 3.63) is 45.1 Å². The van der Waals surface area contributed by atoms with Crippen LogP contribution in [0.2, 0.25) is 4.34 Å². The van der Waals surface area contributed by atoms with E-state index in [2.05, 4.69) is 0 Å². The molecule has 0 bridgehead atoms. The summed E-state index contributed by atoms with van der Waals surface area (Å²) in [5, 5.41) is 0. The second-order valence-electron chi connectivity index (χ2n) is 4.59. The Kier molecular flexibility index (Phi) is 4.03. The van der Waals surface area contributed by atoms with Crippen molar-refractivity contribution in [1.82, 2.24) is 4.90 Å². The lowest BCUT2D eigenvalue weighted by Crippen LogP contribution is -2.29. The average Bonchev–Trinajstić information content (AvgIpc) is 3.11. The molecule has 3 rings (SSSR count). The maximum atomic E-state index is 12.6. The lowest BCUT2D eigenvalue weighted by molar-refractivity contribution is 0.0754. The molecular formula is C15H14ClNO3S. The van der Waals surface area contributed by atoms with Crippen molar-refractivity contribution in [2.75, 3.05) is 13.3 Å². The zero-order valence-electron chi connectivity index (χ0n) is 11.5. The van der Waals surface area contributed by atoms with Crippen molar-refractivity contribution in [3.8, 4) is 11.5 Å². The number of carbonyl (C=O) groups excluding carboxylic acids is 1. The van der Waals surface area contributed by atoms with Crippen LogP contribution in [-0.2, 0) is 6.54 Å². The van der Waals surface area contributed by atoms with E-state index in [1.165, 1.54) is 11.3 Å². The first kappa shape index (κ1) is 14.2. The largest absolute Gasteiger partial charge is 0.454 e. The van der Waals surface area contributed by atoms with Gasteiger partial charge in [-0.15, -0.1) is 11.3 Å². The molecule has 0 spiro atoms. The molecule has 1 aromatic carbocycles. The predicted octanol–water partition coefficient (Wildman–Crippen LogP) is 3.79. The van der Waals surface area contributed by atoms with Gasteiger partial charge in [-0.2, -0.15) is 0 Å². The summed E-state index contributed by atoms with van der Waals surface area (Å²) < 4.78 is 11.3. The predicted molar refractivity (Wildman–Crippen MR) is 82.3 cm³/mol. The van der Waals surface area contributed by atoms with Gasteiger partial charge in [0.2, 0.25) is 6.79 Å². The lowest BCUT2D eigenvalue weighted by Gasteiger charge is -2.20. The van der Waals surface area contributed by atoms with Crippen LogP contribution < -0.4 is 9.47 Å². The van der Waals surface area contributed by atoms with Gasteiger partial charge in [-0.3, -0.25) is 4.79 Å². The number of thiophene rings is 1. The number of fused-ring (bicyclic) bond motifs is 1. The van der Waals surface area contributed by atoms with Crippen LogP contribution in [-0.4, -0.2) is 24.1 Å². The number of nitrogens with zero attached hydrogens (tertiary/aromatic N) is 1. The minimum absolute atomic E-state index is 0.0275. The van der Waals surface area contributed by atoms with Gasteiger partial charge >= 0.3 is 0 Å². The summed E-state index contributed by atoms with van der Waals surface area (Å²) in [6, 6.07) is 9.06. The summed E-state index contributed by atoms with van der Waals surface area (Å²) in [6.45, 7) is 3.35. The molecule has 2 aromatic rings. The molecule has 1 aliphatic heterocycles. The number of hydrogen-bond acceptors (Lipinski definition) is 4. The molecule has 1 aromatic heterocycles. The smallest absolute Gasteiger partial charge is 0.254 e. The fourth-order valence-corrected chi connectivity index (χ4v) is 3.27. The van der Waals surface area contributed by atoms with Crippen LogP contribution in [0.15, 0.2) is 30.3 Å². The SMILES string of the molecule is CCN(Cc1ccc(Cl)s1)C(=O)c1ccc2c(c1)OCO2. The lowest BCUT2D eigenvalue weighted by atomic mass is 10.1. The molecule has 0 unspecified atom stereocenters. The van der Waals surface area contributed by atoms with Crippen LogP contribution >= 0.6 is 22.9 Å². The number of benzene rings is 1. The van der Waals surface area contributed by atoms with E-state index in [-0.39, 0.29) is 12.7 Å². The highest BCUT2D eigenvalue weighted by Gasteiger charge is 2.20. The number of rotatable bonds is 4. The zero-order chi connectivity index (χ0) is 14.8. The van der Waals surface area contributed by atoms with E-state index in [4.69, 9.17) is 21.1 Å². The van der Waals surface area contributed by atoms with Crippen molar-refractivity contribution in [1.29, 1.82) is 0 Å². The van der Waals surface area contributed by atoms with Gasteiger partial charge in [-0.25, -0.2) is 0 Å². The summed E-state index contributed by atoms with van der Waals surface area (Å²) in [5.74, 6) is 1.27. The van der Waals surface area contributed by atoms with Gasteiger partial charge < -0.3 is 14.4 Å². The second kappa shape index (κ2) is 5.95. The first-order chi connectivity index (χ1) is 10.2. The number of carbonyl (C=O) groups is 1. The molecule has 1 aliphatic rings. The molecular weight excluding hydrogens is 310 g/mol. The number of hydrogen-bond donors (Lipinski definition) is 0. The van der Waals surface area contributed by atoms with E-state index in [9.17, 15) is 4.79 Å². The van der Waals surface area contributed by atoms with Crippen LogP contribution in [0.4, 0.5) is 0 Å². The Morgan fingerprint density at radius 3 is 2.81 bits per heavy atom. The van der Waals surface area contributed by atoms with Gasteiger partial charge in [0.05, 0.1) is 10.9 Å². The summed E-state index contributed by atoms with van der Waals surface area (Å²) in [4.78, 5) is 15.4. The van der Waals surface area contributed by atoms with E-state index in [1.54, 1.807) is 23.1 Å². The third-order valence-electron chi connectivity index (χ3n) is 3.26. The highest BCUT2D eigenvalue weighted by Crippen LogP contribution is 2.33. The minimum Gasteiger partial charge on any atom is -0.454 e. The Morgan fingerprint density at radius 1 is 1.29 bits per heavy atom. The summed E-state index contributed by atoms with van der Waals surface area (Å²) in [6.07, 6.45) is 0. The molecule has 2 heterocycles. The molecule has 1 amide bonds. The summed E-state index contributed by atoms with van der Waals surface area (Å²) in [5.41, 5.74) is 0.601. The number of amides is 1. The molecule has 0 N–H and O–H groups in total. The van der Waals surface area contributed by atoms with Gasteiger partial charge in [0.1, 0.15) is 0 Å². The summed E-state index contributed by atoms with van der Waals surface area (Å²) >= 11 is 7.42. The number of ether oxygens (including phenoxy) is 2. The van der Waals surface area contributed by atoms with E-state index in [0.29, 0.717) is 30.2 Å². The van der Waals surface area contributed by atoms with Crippen LogP contribution in [0.1, 0.15) is 22.2 Å². The quantitative estimate of drug-likeness (QED) is 0.859. The molecule has 0 fully saturated rings. The van der Waals surface area contributed by atoms with Crippen molar-refractivity contribution in [2.45, 2.75) is 13.5 Å². The van der Waals surface area contributed by atoms with E-state index < -0.39 is 0 Å². The Bertz CT molecular complexity index is 671. The zero-order valence-corrected chi connectivity index (χ0v) is 13.0. The topological polar surface area (TPSA) is 38.8 Å². The Balaban J connectivity index is 1.78. The molecule has 0 saturated carbocycles.